The second-order valence-electron chi connectivity index (χ2n) is 4.45. The summed E-state index contributed by atoms with van der Waals surface area (Å²) in [6.45, 7) is 3.96. The maximum absolute atomic E-state index is 5.80. The van der Waals surface area contributed by atoms with Crippen molar-refractivity contribution in [2.75, 3.05) is 19.8 Å². The maximum atomic E-state index is 5.80. The van der Waals surface area contributed by atoms with E-state index in [9.17, 15) is 0 Å². The van der Waals surface area contributed by atoms with Crippen molar-refractivity contribution in [3.63, 3.8) is 0 Å². The minimum absolute atomic E-state index is 0.0113. The van der Waals surface area contributed by atoms with Gasteiger partial charge in [-0.15, -0.1) is 0 Å². The summed E-state index contributed by atoms with van der Waals surface area (Å²) >= 11 is 3.51. The normalized spacial score (nSPS) is 20.2. The van der Waals surface area contributed by atoms with Gasteiger partial charge in [-0.1, -0.05) is 15.9 Å². The molecule has 1 aromatic carbocycles. The van der Waals surface area contributed by atoms with E-state index in [2.05, 4.69) is 33.0 Å². The lowest BCUT2D eigenvalue weighted by Crippen LogP contribution is -2.22. The van der Waals surface area contributed by atoms with Crippen LogP contribution >= 0.6 is 15.9 Å². The quantitative estimate of drug-likeness (QED) is 0.809. The Balaban J connectivity index is 2.16. The molecule has 18 heavy (non-hydrogen) atoms. The number of aryl methyl sites for hydroxylation is 1. The predicted octanol–water partition coefficient (Wildman–Crippen LogP) is 3.39. The fourth-order valence-electron chi connectivity index (χ4n) is 2.30. The van der Waals surface area contributed by atoms with Crippen LogP contribution in [0.1, 0.15) is 17.4 Å². The Morgan fingerprint density at radius 2 is 2.17 bits per heavy atom. The molecule has 1 aliphatic heterocycles. The van der Waals surface area contributed by atoms with E-state index >= 15 is 0 Å². The molecule has 3 nitrogen and oxygen atoms in total. The molecule has 1 unspecified atom stereocenters. The average Bonchev–Trinajstić information content (AvgIpc) is 2.39. The van der Waals surface area contributed by atoms with Gasteiger partial charge < -0.3 is 9.47 Å². The van der Waals surface area contributed by atoms with Crippen molar-refractivity contribution >= 4 is 26.8 Å². The Bertz CT molecular complexity index is 579. The number of hydrogen-bond acceptors (Lipinski definition) is 3. The molecule has 1 fully saturated rings. The minimum Gasteiger partial charge on any atom is -0.376 e. The smallest absolute Gasteiger partial charge is 0.107 e. The van der Waals surface area contributed by atoms with Gasteiger partial charge in [0.15, 0.2) is 0 Å². The lowest BCUT2D eigenvalue weighted by molar-refractivity contribution is -0.0896. The van der Waals surface area contributed by atoms with Crippen molar-refractivity contribution in [1.82, 2.24) is 4.98 Å². The van der Waals surface area contributed by atoms with Crippen molar-refractivity contribution in [3.8, 4) is 0 Å². The largest absolute Gasteiger partial charge is 0.376 e. The van der Waals surface area contributed by atoms with Gasteiger partial charge in [-0.3, -0.25) is 4.98 Å². The van der Waals surface area contributed by atoms with Crippen LogP contribution in [0, 0.1) is 6.92 Å². The summed E-state index contributed by atoms with van der Waals surface area (Å²) in [5, 5.41) is 1.13. The van der Waals surface area contributed by atoms with Crippen LogP contribution in [0.25, 0.3) is 10.9 Å². The molecule has 3 rings (SSSR count). The molecule has 0 radical (unpaired) electrons. The van der Waals surface area contributed by atoms with E-state index in [4.69, 9.17) is 9.47 Å². The summed E-state index contributed by atoms with van der Waals surface area (Å²) in [4.78, 5) is 4.56. The van der Waals surface area contributed by atoms with E-state index in [1.54, 1.807) is 0 Å². The highest BCUT2D eigenvalue weighted by Crippen LogP contribution is 2.30. The number of rotatable bonds is 1. The fraction of sp³-hybridized carbons (Fsp3) is 0.357. The Labute approximate surface area is 114 Å². The Hall–Kier alpha value is -0.970. The van der Waals surface area contributed by atoms with Crippen molar-refractivity contribution in [2.45, 2.75) is 13.0 Å². The van der Waals surface area contributed by atoms with E-state index in [-0.39, 0.29) is 6.10 Å². The molecular weight excluding hydrogens is 294 g/mol. The van der Waals surface area contributed by atoms with E-state index in [1.807, 2.05) is 19.1 Å². The van der Waals surface area contributed by atoms with Gasteiger partial charge in [0.25, 0.3) is 0 Å². The molecule has 0 bridgehead atoms. The first-order valence-electron chi connectivity index (χ1n) is 6.00. The van der Waals surface area contributed by atoms with E-state index in [0.717, 1.165) is 21.1 Å². The fourth-order valence-corrected chi connectivity index (χ4v) is 2.66. The number of nitrogens with zero attached hydrogens (tertiary/aromatic N) is 1. The molecule has 1 atom stereocenters. The van der Waals surface area contributed by atoms with Gasteiger partial charge in [-0.2, -0.15) is 0 Å². The highest BCUT2D eigenvalue weighted by molar-refractivity contribution is 9.10. The highest BCUT2D eigenvalue weighted by atomic mass is 79.9. The van der Waals surface area contributed by atoms with Crippen LogP contribution in [0.4, 0.5) is 0 Å². The number of aromatic nitrogens is 1. The third-order valence-electron chi connectivity index (χ3n) is 3.09. The monoisotopic (exact) mass is 307 g/mol. The molecule has 0 aliphatic carbocycles. The molecule has 2 aromatic rings. The van der Waals surface area contributed by atoms with Gasteiger partial charge in [0.1, 0.15) is 6.10 Å². The molecule has 1 saturated heterocycles. The number of fused-ring (bicyclic) bond motifs is 1. The number of hydrogen-bond donors (Lipinski definition) is 0. The average molecular weight is 308 g/mol. The predicted molar refractivity (Wildman–Crippen MR) is 73.7 cm³/mol. The summed E-state index contributed by atoms with van der Waals surface area (Å²) in [6, 6.07) is 8.22. The summed E-state index contributed by atoms with van der Waals surface area (Å²) in [7, 11) is 0. The van der Waals surface area contributed by atoms with Crippen molar-refractivity contribution in [1.29, 1.82) is 0 Å². The standard InChI is InChI=1S/C14H14BrNO2/c1-9-6-12(14-8-17-4-5-18-14)11-7-10(15)2-3-13(11)16-9/h2-3,6-7,14H,4-5,8H2,1H3. The zero-order valence-electron chi connectivity index (χ0n) is 10.1. The minimum atomic E-state index is 0.0113. The highest BCUT2D eigenvalue weighted by Gasteiger charge is 2.19. The Kier molecular flexibility index (Phi) is 3.33. The molecule has 0 spiro atoms. The second kappa shape index (κ2) is 4.96. The van der Waals surface area contributed by atoms with E-state index in [0.29, 0.717) is 19.8 Å². The number of pyridine rings is 1. The molecule has 0 amide bonds. The topological polar surface area (TPSA) is 31.4 Å². The van der Waals surface area contributed by atoms with Crippen LogP contribution in [-0.2, 0) is 9.47 Å². The van der Waals surface area contributed by atoms with Gasteiger partial charge in [0.2, 0.25) is 0 Å². The molecule has 0 N–H and O–H groups in total. The lowest BCUT2D eigenvalue weighted by Gasteiger charge is -2.24. The van der Waals surface area contributed by atoms with Crippen molar-refractivity contribution in [3.05, 3.63) is 40.0 Å². The maximum Gasteiger partial charge on any atom is 0.107 e. The Morgan fingerprint density at radius 1 is 1.28 bits per heavy atom. The summed E-state index contributed by atoms with van der Waals surface area (Å²) in [5.74, 6) is 0. The molecule has 2 heterocycles. The molecule has 4 heteroatoms. The molecule has 1 aliphatic rings. The zero-order chi connectivity index (χ0) is 12.5. The lowest BCUT2D eigenvalue weighted by atomic mass is 10.0. The van der Waals surface area contributed by atoms with Gasteiger partial charge in [0, 0.05) is 15.6 Å². The van der Waals surface area contributed by atoms with Crippen LogP contribution < -0.4 is 0 Å². The number of ether oxygens (including phenoxy) is 2. The van der Waals surface area contributed by atoms with E-state index in [1.165, 1.54) is 5.56 Å². The van der Waals surface area contributed by atoms with Crippen LogP contribution in [0.15, 0.2) is 28.7 Å². The number of benzene rings is 1. The van der Waals surface area contributed by atoms with Gasteiger partial charge in [0.05, 0.1) is 25.3 Å². The molecular formula is C14H14BrNO2. The van der Waals surface area contributed by atoms with E-state index < -0.39 is 0 Å². The van der Waals surface area contributed by atoms with Crippen LogP contribution in [0.3, 0.4) is 0 Å². The number of halogens is 1. The second-order valence-corrected chi connectivity index (χ2v) is 5.36. The first-order chi connectivity index (χ1) is 8.74. The van der Waals surface area contributed by atoms with Crippen LogP contribution in [0.2, 0.25) is 0 Å². The molecule has 94 valence electrons. The van der Waals surface area contributed by atoms with Gasteiger partial charge >= 0.3 is 0 Å². The van der Waals surface area contributed by atoms with Crippen LogP contribution in [0.5, 0.6) is 0 Å². The Morgan fingerprint density at radius 3 is 2.94 bits per heavy atom. The summed E-state index contributed by atoms with van der Waals surface area (Å²) in [6.07, 6.45) is 0.0113. The SMILES string of the molecule is Cc1cc(C2COCCO2)c2cc(Br)ccc2n1. The van der Waals surface area contributed by atoms with Gasteiger partial charge in [-0.05, 0) is 36.8 Å². The first kappa shape index (κ1) is 12.1. The third kappa shape index (κ3) is 2.28. The van der Waals surface area contributed by atoms with Crippen LogP contribution in [-0.4, -0.2) is 24.8 Å². The van der Waals surface area contributed by atoms with Crippen molar-refractivity contribution in [2.24, 2.45) is 0 Å². The first-order valence-corrected chi connectivity index (χ1v) is 6.79. The van der Waals surface area contributed by atoms with Crippen molar-refractivity contribution < 1.29 is 9.47 Å². The summed E-state index contributed by atoms with van der Waals surface area (Å²) < 4.78 is 12.4. The summed E-state index contributed by atoms with van der Waals surface area (Å²) in [5.41, 5.74) is 3.18. The van der Waals surface area contributed by atoms with Gasteiger partial charge in [-0.25, -0.2) is 0 Å². The third-order valence-corrected chi connectivity index (χ3v) is 3.59. The molecule has 1 aromatic heterocycles. The molecule has 0 saturated carbocycles. The zero-order valence-corrected chi connectivity index (χ0v) is 11.7.